The summed E-state index contributed by atoms with van der Waals surface area (Å²) in [5.41, 5.74) is -0.0448. The Kier molecular flexibility index (Phi) is 7.05. The molecule has 2 bridgehead atoms. The SMILES string of the molecule is CCCCCNC(=O)C1N([C@H](C)CO)C(=O)[C@@H]2[C@@H](C(=O)NCc3ccccc3)[C@H]3CCC12O3. The van der Waals surface area contributed by atoms with Gasteiger partial charge in [-0.1, -0.05) is 50.1 Å². The quantitative estimate of drug-likeness (QED) is 0.460. The molecular formula is C25H35N3O5. The van der Waals surface area contributed by atoms with Crippen LogP contribution >= 0.6 is 0 Å². The molecule has 180 valence electrons. The highest BCUT2D eigenvalue weighted by Crippen LogP contribution is 2.58. The maximum absolute atomic E-state index is 13.6. The highest BCUT2D eigenvalue weighted by atomic mass is 16.5. The van der Waals surface area contributed by atoms with Crippen LogP contribution in [0.3, 0.4) is 0 Å². The van der Waals surface area contributed by atoms with Gasteiger partial charge >= 0.3 is 0 Å². The molecule has 3 heterocycles. The van der Waals surface area contributed by atoms with Crippen LogP contribution in [0.5, 0.6) is 0 Å². The number of nitrogens with zero attached hydrogens (tertiary/aromatic N) is 1. The van der Waals surface area contributed by atoms with Crippen molar-refractivity contribution in [1.29, 1.82) is 0 Å². The predicted molar refractivity (Wildman–Crippen MR) is 122 cm³/mol. The number of likely N-dealkylation sites (tertiary alicyclic amines) is 1. The Bertz CT molecular complexity index is 878. The number of carbonyl (C=O) groups is 3. The van der Waals surface area contributed by atoms with E-state index in [1.54, 1.807) is 6.92 Å². The molecule has 0 aliphatic carbocycles. The Morgan fingerprint density at radius 2 is 1.97 bits per heavy atom. The minimum atomic E-state index is -1.02. The number of benzene rings is 1. The number of carbonyl (C=O) groups excluding carboxylic acids is 3. The maximum atomic E-state index is 13.6. The second-order valence-electron chi connectivity index (χ2n) is 9.53. The van der Waals surface area contributed by atoms with Gasteiger partial charge in [0.05, 0.1) is 30.6 Å². The van der Waals surface area contributed by atoms with E-state index >= 15 is 0 Å². The average molecular weight is 458 g/mol. The molecule has 1 aromatic rings. The molecule has 3 N–H and O–H groups in total. The van der Waals surface area contributed by atoms with Gasteiger partial charge < -0.3 is 25.4 Å². The lowest BCUT2D eigenvalue weighted by Crippen LogP contribution is -2.57. The molecule has 1 aromatic carbocycles. The van der Waals surface area contributed by atoms with Gasteiger partial charge in [0.2, 0.25) is 17.7 Å². The highest BCUT2D eigenvalue weighted by Gasteiger charge is 2.74. The van der Waals surface area contributed by atoms with E-state index in [1.165, 1.54) is 4.90 Å². The van der Waals surface area contributed by atoms with Gasteiger partial charge in [-0.05, 0) is 31.7 Å². The number of aliphatic hydroxyl groups is 1. The monoisotopic (exact) mass is 457 g/mol. The molecule has 0 saturated carbocycles. The number of ether oxygens (including phenoxy) is 1. The number of aliphatic hydroxyl groups excluding tert-OH is 1. The lowest BCUT2D eigenvalue weighted by atomic mass is 9.70. The van der Waals surface area contributed by atoms with E-state index in [0.29, 0.717) is 25.9 Å². The maximum Gasteiger partial charge on any atom is 0.245 e. The third kappa shape index (κ3) is 4.15. The Morgan fingerprint density at radius 1 is 1.21 bits per heavy atom. The number of nitrogens with one attached hydrogen (secondary N) is 2. The largest absolute Gasteiger partial charge is 0.394 e. The van der Waals surface area contributed by atoms with Crippen LogP contribution in [0.15, 0.2) is 30.3 Å². The van der Waals surface area contributed by atoms with Crippen molar-refractivity contribution in [2.45, 2.75) is 76.3 Å². The van der Waals surface area contributed by atoms with E-state index in [0.717, 1.165) is 24.8 Å². The number of rotatable bonds is 10. The molecule has 6 atom stereocenters. The molecule has 2 unspecified atom stereocenters. The van der Waals surface area contributed by atoms with Crippen LogP contribution in [0.4, 0.5) is 0 Å². The molecule has 3 fully saturated rings. The number of amides is 3. The van der Waals surface area contributed by atoms with Crippen LogP contribution in [0.2, 0.25) is 0 Å². The van der Waals surface area contributed by atoms with E-state index in [9.17, 15) is 19.5 Å². The standard InChI is InChI=1S/C25H35N3O5/c1-3-4-8-13-26-23(31)21-25-12-11-18(33-25)19(20(25)24(32)28(21)16(2)15-29)22(30)27-14-17-9-6-5-7-10-17/h5-7,9-10,16,18-21,29H,3-4,8,11-15H2,1-2H3,(H,26,31)(H,27,30)/t16-,18-,19+,20+,21?,25?/m1/s1. The molecular weight excluding hydrogens is 422 g/mol. The molecule has 33 heavy (non-hydrogen) atoms. The van der Waals surface area contributed by atoms with Crippen LogP contribution in [0.25, 0.3) is 0 Å². The summed E-state index contributed by atoms with van der Waals surface area (Å²) in [6.45, 7) is 4.46. The van der Waals surface area contributed by atoms with Gasteiger partial charge in [0.1, 0.15) is 11.6 Å². The molecule has 3 aliphatic heterocycles. The fourth-order valence-electron chi connectivity index (χ4n) is 5.84. The summed E-state index contributed by atoms with van der Waals surface area (Å²) >= 11 is 0. The molecule has 3 amide bonds. The number of unbranched alkanes of at least 4 members (excludes halogenated alkanes) is 2. The summed E-state index contributed by atoms with van der Waals surface area (Å²) in [6.07, 6.45) is 3.73. The van der Waals surface area contributed by atoms with Gasteiger partial charge in [-0.2, -0.15) is 0 Å². The molecule has 3 aliphatic rings. The van der Waals surface area contributed by atoms with Crippen LogP contribution in [0, 0.1) is 11.8 Å². The molecule has 8 heteroatoms. The van der Waals surface area contributed by atoms with Gasteiger partial charge in [-0.3, -0.25) is 14.4 Å². The predicted octanol–water partition coefficient (Wildman–Crippen LogP) is 1.36. The second kappa shape index (κ2) is 9.81. The van der Waals surface area contributed by atoms with Crippen molar-refractivity contribution in [2.24, 2.45) is 11.8 Å². The van der Waals surface area contributed by atoms with Crippen molar-refractivity contribution in [3.8, 4) is 0 Å². The Labute approximate surface area is 195 Å². The summed E-state index contributed by atoms with van der Waals surface area (Å²) in [4.78, 5) is 41.7. The van der Waals surface area contributed by atoms with Gasteiger partial charge in [-0.15, -0.1) is 0 Å². The molecule has 0 radical (unpaired) electrons. The smallest absolute Gasteiger partial charge is 0.245 e. The van der Waals surface area contributed by atoms with Crippen molar-refractivity contribution in [3.05, 3.63) is 35.9 Å². The van der Waals surface area contributed by atoms with Crippen LogP contribution in [-0.2, 0) is 25.7 Å². The lowest BCUT2D eigenvalue weighted by Gasteiger charge is -2.35. The topological polar surface area (TPSA) is 108 Å². The Hall–Kier alpha value is -2.45. The van der Waals surface area contributed by atoms with Gasteiger partial charge in [0.25, 0.3) is 0 Å². The summed E-state index contributed by atoms with van der Waals surface area (Å²) < 4.78 is 6.36. The van der Waals surface area contributed by atoms with Crippen molar-refractivity contribution in [2.75, 3.05) is 13.2 Å². The van der Waals surface area contributed by atoms with E-state index in [4.69, 9.17) is 4.74 Å². The molecule has 8 nitrogen and oxygen atoms in total. The zero-order valence-corrected chi connectivity index (χ0v) is 19.5. The minimum absolute atomic E-state index is 0.218. The van der Waals surface area contributed by atoms with Crippen molar-refractivity contribution in [3.63, 3.8) is 0 Å². The highest BCUT2D eigenvalue weighted by molar-refractivity contribution is 5.99. The fourth-order valence-corrected chi connectivity index (χ4v) is 5.84. The summed E-state index contributed by atoms with van der Waals surface area (Å²) in [5.74, 6) is -2.10. The average Bonchev–Trinajstić information content (AvgIpc) is 3.47. The van der Waals surface area contributed by atoms with Crippen molar-refractivity contribution < 1.29 is 24.2 Å². The second-order valence-corrected chi connectivity index (χ2v) is 9.53. The summed E-state index contributed by atoms with van der Waals surface area (Å²) in [6, 6.07) is 8.23. The summed E-state index contributed by atoms with van der Waals surface area (Å²) in [5, 5.41) is 15.8. The molecule has 4 rings (SSSR count). The fraction of sp³-hybridized carbons (Fsp3) is 0.640. The third-order valence-electron chi connectivity index (χ3n) is 7.42. The zero-order valence-electron chi connectivity index (χ0n) is 19.5. The minimum Gasteiger partial charge on any atom is -0.394 e. The molecule has 3 saturated heterocycles. The molecule has 1 spiro atoms. The van der Waals surface area contributed by atoms with E-state index in [2.05, 4.69) is 17.6 Å². The van der Waals surface area contributed by atoms with Crippen molar-refractivity contribution >= 4 is 17.7 Å². The van der Waals surface area contributed by atoms with E-state index in [-0.39, 0.29) is 30.4 Å². The first-order valence-electron chi connectivity index (χ1n) is 12.1. The zero-order chi connectivity index (χ0) is 23.6. The first-order chi connectivity index (χ1) is 15.9. The third-order valence-corrected chi connectivity index (χ3v) is 7.42. The van der Waals surface area contributed by atoms with Crippen LogP contribution in [0.1, 0.15) is 51.5 Å². The summed E-state index contributed by atoms with van der Waals surface area (Å²) in [7, 11) is 0. The van der Waals surface area contributed by atoms with E-state index < -0.39 is 29.5 Å². The van der Waals surface area contributed by atoms with Gasteiger partial charge in [0, 0.05) is 13.1 Å². The number of fused-ring (bicyclic) bond motifs is 1. The van der Waals surface area contributed by atoms with Gasteiger partial charge in [0.15, 0.2) is 0 Å². The van der Waals surface area contributed by atoms with Crippen LogP contribution in [-0.4, -0.2) is 64.7 Å². The Morgan fingerprint density at radius 3 is 2.67 bits per heavy atom. The first-order valence-corrected chi connectivity index (χ1v) is 12.1. The van der Waals surface area contributed by atoms with Crippen LogP contribution < -0.4 is 10.6 Å². The first kappa shape index (κ1) is 23.7. The Balaban J connectivity index is 1.56. The van der Waals surface area contributed by atoms with E-state index in [1.807, 2.05) is 30.3 Å². The lowest BCUT2D eigenvalue weighted by molar-refractivity contribution is -0.145. The van der Waals surface area contributed by atoms with Crippen molar-refractivity contribution in [1.82, 2.24) is 15.5 Å². The van der Waals surface area contributed by atoms with Gasteiger partial charge in [-0.25, -0.2) is 0 Å². The number of hydrogen-bond donors (Lipinski definition) is 3. The number of hydrogen-bond acceptors (Lipinski definition) is 5. The normalized spacial score (nSPS) is 30.9. The molecule has 0 aromatic heterocycles.